The third-order valence-corrected chi connectivity index (χ3v) is 4.57. The van der Waals surface area contributed by atoms with E-state index in [1.807, 2.05) is 48.5 Å². The second-order valence-corrected chi connectivity index (χ2v) is 6.86. The van der Waals surface area contributed by atoms with Gasteiger partial charge in [0.05, 0.1) is 0 Å². The molecule has 1 atom stereocenters. The zero-order valence-corrected chi connectivity index (χ0v) is 16.0. The van der Waals surface area contributed by atoms with Gasteiger partial charge in [0.1, 0.15) is 6.04 Å². The summed E-state index contributed by atoms with van der Waals surface area (Å²) < 4.78 is 0. The number of rotatable bonds is 7. The molecule has 5 heteroatoms. The van der Waals surface area contributed by atoms with E-state index in [0.29, 0.717) is 23.6 Å². The average molecular weight is 393 g/mol. The van der Waals surface area contributed by atoms with Crippen LogP contribution >= 0.6 is 11.6 Å². The van der Waals surface area contributed by atoms with Crippen LogP contribution in [0.15, 0.2) is 84.9 Å². The molecule has 3 aromatic rings. The highest BCUT2D eigenvalue weighted by atomic mass is 35.5. The van der Waals surface area contributed by atoms with Gasteiger partial charge in [0.2, 0.25) is 5.91 Å². The van der Waals surface area contributed by atoms with Crippen LogP contribution < -0.4 is 10.6 Å². The van der Waals surface area contributed by atoms with E-state index >= 15 is 0 Å². The van der Waals surface area contributed by atoms with Crippen molar-refractivity contribution in [2.24, 2.45) is 0 Å². The number of benzene rings is 3. The molecule has 0 fully saturated rings. The van der Waals surface area contributed by atoms with Gasteiger partial charge in [0, 0.05) is 23.6 Å². The predicted octanol–water partition coefficient (Wildman–Crippen LogP) is 4.00. The van der Waals surface area contributed by atoms with Crippen molar-refractivity contribution in [2.45, 2.75) is 19.0 Å². The number of amides is 2. The first-order valence-electron chi connectivity index (χ1n) is 9.04. The Morgan fingerprint density at radius 2 is 1.39 bits per heavy atom. The Balaban J connectivity index is 1.70. The Hall–Kier alpha value is -3.11. The fraction of sp³-hybridized carbons (Fsp3) is 0.130. The van der Waals surface area contributed by atoms with Crippen molar-refractivity contribution in [1.82, 2.24) is 10.6 Å². The van der Waals surface area contributed by atoms with Crippen molar-refractivity contribution in [2.75, 3.05) is 0 Å². The second-order valence-electron chi connectivity index (χ2n) is 6.43. The molecule has 3 aromatic carbocycles. The molecule has 4 nitrogen and oxygen atoms in total. The van der Waals surface area contributed by atoms with Crippen molar-refractivity contribution in [1.29, 1.82) is 0 Å². The minimum absolute atomic E-state index is 0.233. The zero-order valence-electron chi connectivity index (χ0n) is 15.3. The minimum atomic E-state index is -0.678. The SMILES string of the molecule is O=C(NC(Cc1ccccc1)C(=O)NCc1ccc(Cl)cc1)c1ccccc1. The maximum absolute atomic E-state index is 12.8. The van der Waals surface area contributed by atoms with E-state index in [-0.39, 0.29) is 11.8 Å². The summed E-state index contributed by atoms with van der Waals surface area (Å²) in [6, 6.07) is 25.1. The monoisotopic (exact) mass is 392 g/mol. The fourth-order valence-corrected chi connectivity index (χ4v) is 2.93. The van der Waals surface area contributed by atoms with E-state index < -0.39 is 6.04 Å². The number of nitrogens with one attached hydrogen (secondary N) is 2. The Morgan fingerprint density at radius 3 is 2.04 bits per heavy atom. The predicted molar refractivity (Wildman–Crippen MR) is 111 cm³/mol. The molecule has 1 unspecified atom stereocenters. The van der Waals surface area contributed by atoms with Crippen LogP contribution in [0.3, 0.4) is 0 Å². The zero-order chi connectivity index (χ0) is 19.8. The minimum Gasteiger partial charge on any atom is -0.350 e. The molecule has 0 saturated carbocycles. The number of hydrogen-bond acceptors (Lipinski definition) is 2. The number of halogens is 1. The molecule has 0 aliphatic heterocycles. The van der Waals surface area contributed by atoms with E-state index in [1.54, 1.807) is 36.4 Å². The van der Waals surface area contributed by atoms with Crippen LogP contribution in [0.1, 0.15) is 21.5 Å². The van der Waals surface area contributed by atoms with Gasteiger partial charge in [-0.2, -0.15) is 0 Å². The Labute approximate surface area is 169 Å². The molecule has 0 aromatic heterocycles. The smallest absolute Gasteiger partial charge is 0.251 e. The second kappa shape index (κ2) is 9.72. The van der Waals surface area contributed by atoms with Gasteiger partial charge in [-0.3, -0.25) is 9.59 Å². The summed E-state index contributed by atoms with van der Waals surface area (Å²) in [5.74, 6) is -0.508. The highest BCUT2D eigenvalue weighted by Gasteiger charge is 2.21. The van der Waals surface area contributed by atoms with E-state index in [9.17, 15) is 9.59 Å². The lowest BCUT2D eigenvalue weighted by Crippen LogP contribution is -2.47. The van der Waals surface area contributed by atoms with Gasteiger partial charge in [-0.15, -0.1) is 0 Å². The molecular weight excluding hydrogens is 372 g/mol. The van der Waals surface area contributed by atoms with Crippen molar-refractivity contribution in [3.63, 3.8) is 0 Å². The molecule has 0 saturated heterocycles. The largest absolute Gasteiger partial charge is 0.350 e. The third kappa shape index (κ3) is 5.69. The third-order valence-electron chi connectivity index (χ3n) is 4.32. The van der Waals surface area contributed by atoms with Crippen LogP contribution in [0.2, 0.25) is 5.02 Å². The van der Waals surface area contributed by atoms with E-state index in [0.717, 1.165) is 11.1 Å². The molecule has 0 heterocycles. The van der Waals surface area contributed by atoms with Crippen LogP contribution in [0, 0.1) is 0 Å². The summed E-state index contributed by atoms with van der Waals surface area (Å²) in [4.78, 5) is 25.4. The Kier molecular flexibility index (Phi) is 6.82. The summed E-state index contributed by atoms with van der Waals surface area (Å²) in [6.07, 6.45) is 0.409. The summed E-state index contributed by atoms with van der Waals surface area (Å²) in [5.41, 5.74) is 2.43. The first kappa shape index (κ1) is 19.6. The molecule has 0 spiro atoms. The lowest BCUT2D eigenvalue weighted by Gasteiger charge is -2.19. The lowest BCUT2D eigenvalue weighted by molar-refractivity contribution is -0.123. The van der Waals surface area contributed by atoms with Gasteiger partial charge in [-0.05, 0) is 35.4 Å². The molecule has 28 heavy (non-hydrogen) atoms. The van der Waals surface area contributed by atoms with Crippen molar-refractivity contribution in [3.05, 3.63) is 107 Å². The van der Waals surface area contributed by atoms with Crippen LogP contribution in [-0.2, 0) is 17.8 Å². The molecule has 3 rings (SSSR count). The molecule has 0 aliphatic rings. The number of carbonyl (C=O) groups excluding carboxylic acids is 2. The molecule has 2 N–H and O–H groups in total. The van der Waals surface area contributed by atoms with Crippen LogP contribution in [0.5, 0.6) is 0 Å². The summed E-state index contributed by atoms with van der Waals surface area (Å²) in [5, 5.41) is 6.40. The van der Waals surface area contributed by atoms with E-state index in [1.165, 1.54) is 0 Å². The van der Waals surface area contributed by atoms with Gasteiger partial charge in [0.15, 0.2) is 0 Å². The standard InChI is InChI=1S/C23H21ClN2O2/c24-20-13-11-18(12-14-20)16-25-23(28)21(15-17-7-3-1-4-8-17)26-22(27)19-9-5-2-6-10-19/h1-14,21H,15-16H2,(H,25,28)(H,26,27). The molecule has 142 valence electrons. The maximum atomic E-state index is 12.8. The molecule has 0 bridgehead atoms. The van der Waals surface area contributed by atoms with Gasteiger partial charge in [-0.25, -0.2) is 0 Å². The molecule has 2 amide bonds. The first-order chi connectivity index (χ1) is 13.6. The first-order valence-corrected chi connectivity index (χ1v) is 9.41. The van der Waals surface area contributed by atoms with Crippen LogP contribution in [0.4, 0.5) is 0 Å². The van der Waals surface area contributed by atoms with E-state index in [4.69, 9.17) is 11.6 Å². The highest BCUT2D eigenvalue weighted by Crippen LogP contribution is 2.10. The Bertz CT molecular complexity index is 912. The van der Waals surface area contributed by atoms with Gasteiger partial charge < -0.3 is 10.6 Å². The van der Waals surface area contributed by atoms with Crippen molar-refractivity contribution >= 4 is 23.4 Å². The van der Waals surface area contributed by atoms with Crippen LogP contribution in [0.25, 0.3) is 0 Å². The molecule has 0 aliphatic carbocycles. The van der Waals surface area contributed by atoms with Gasteiger partial charge in [-0.1, -0.05) is 72.3 Å². The quantitative estimate of drug-likeness (QED) is 0.638. The van der Waals surface area contributed by atoms with Gasteiger partial charge in [0.25, 0.3) is 5.91 Å². The summed E-state index contributed by atoms with van der Waals surface area (Å²) in [7, 11) is 0. The molecule has 0 radical (unpaired) electrons. The fourth-order valence-electron chi connectivity index (χ4n) is 2.80. The van der Waals surface area contributed by atoms with E-state index in [2.05, 4.69) is 10.6 Å². The topological polar surface area (TPSA) is 58.2 Å². The van der Waals surface area contributed by atoms with Gasteiger partial charge >= 0.3 is 0 Å². The number of hydrogen-bond donors (Lipinski definition) is 2. The average Bonchev–Trinajstić information content (AvgIpc) is 2.74. The Morgan fingerprint density at radius 1 is 0.786 bits per heavy atom. The lowest BCUT2D eigenvalue weighted by atomic mass is 10.0. The number of carbonyl (C=O) groups is 2. The normalized spacial score (nSPS) is 11.5. The van der Waals surface area contributed by atoms with Crippen molar-refractivity contribution in [3.8, 4) is 0 Å². The summed E-state index contributed by atoms with van der Waals surface area (Å²) in [6.45, 7) is 0.364. The van der Waals surface area contributed by atoms with Crippen molar-refractivity contribution < 1.29 is 9.59 Å². The molecular formula is C23H21ClN2O2. The highest BCUT2D eigenvalue weighted by molar-refractivity contribution is 6.30. The summed E-state index contributed by atoms with van der Waals surface area (Å²) >= 11 is 5.90. The maximum Gasteiger partial charge on any atom is 0.251 e. The van der Waals surface area contributed by atoms with Crippen LogP contribution in [-0.4, -0.2) is 17.9 Å².